The lowest BCUT2D eigenvalue weighted by Gasteiger charge is -2.29. The average molecular weight is 466 g/mol. The first-order valence-corrected chi connectivity index (χ1v) is 11.9. The summed E-state index contributed by atoms with van der Waals surface area (Å²) in [7, 11) is 0. The van der Waals surface area contributed by atoms with Crippen LogP contribution in [0.2, 0.25) is 0 Å². The minimum absolute atomic E-state index is 0.0327. The predicted octanol–water partition coefficient (Wildman–Crippen LogP) is 7.00. The number of para-hydroxylation sites is 1. The van der Waals surface area contributed by atoms with Crippen molar-refractivity contribution in [3.05, 3.63) is 160 Å². The van der Waals surface area contributed by atoms with Crippen molar-refractivity contribution in [2.75, 3.05) is 0 Å². The van der Waals surface area contributed by atoms with Gasteiger partial charge in [0.2, 0.25) is 0 Å². The largest absolute Gasteiger partial charge is 0.309 e. The zero-order valence-corrected chi connectivity index (χ0v) is 19.6. The lowest BCUT2D eigenvalue weighted by atomic mass is 9.74. The zero-order valence-electron chi connectivity index (χ0n) is 19.6. The molecule has 1 atom stereocenters. The van der Waals surface area contributed by atoms with Crippen LogP contribution in [0, 0.1) is 0 Å². The summed E-state index contributed by atoms with van der Waals surface area (Å²) in [4.78, 5) is 27.6. The molecule has 0 spiro atoms. The molecule has 4 aromatic carbocycles. The maximum atomic E-state index is 13.8. The fourth-order valence-electron chi connectivity index (χ4n) is 5.45. The third kappa shape index (κ3) is 3.14. The Morgan fingerprint density at radius 3 is 2.06 bits per heavy atom. The summed E-state index contributed by atoms with van der Waals surface area (Å²) in [6.07, 6.45) is 3.26. The molecule has 1 aliphatic carbocycles. The van der Waals surface area contributed by atoms with Gasteiger partial charge in [0.25, 0.3) is 0 Å². The highest BCUT2D eigenvalue weighted by Gasteiger charge is 2.33. The number of nitrogens with zero attached hydrogens (tertiary/aromatic N) is 1. The minimum atomic E-state index is -0.157. The fourth-order valence-corrected chi connectivity index (χ4v) is 5.45. The van der Waals surface area contributed by atoms with Gasteiger partial charge < -0.3 is 4.57 Å². The van der Waals surface area contributed by atoms with Crippen LogP contribution < -0.4 is 5.43 Å². The number of aromatic nitrogens is 1. The molecule has 172 valence electrons. The summed E-state index contributed by atoms with van der Waals surface area (Å²) < 4.78 is 1.99. The molecule has 3 heteroatoms. The van der Waals surface area contributed by atoms with Crippen LogP contribution in [0.4, 0.5) is 0 Å². The highest BCUT2D eigenvalue weighted by atomic mass is 16.1. The number of ketones is 1. The van der Waals surface area contributed by atoms with Gasteiger partial charge in [-0.2, -0.15) is 0 Å². The summed E-state index contributed by atoms with van der Waals surface area (Å²) in [5.74, 6) is -0.190. The molecule has 0 saturated heterocycles. The van der Waals surface area contributed by atoms with E-state index in [4.69, 9.17) is 0 Å². The highest BCUT2D eigenvalue weighted by molar-refractivity contribution is 6.14. The second-order valence-electron chi connectivity index (χ2n) is 8.92. The van der Waals surface area contributed by atoms with Gasteiger partial charge in [-0.1, -0.05) is 92.0 Å². The fraction of sp³-hybridized carbons (Fsp3) is 0.0303. The van der Waals surface area contributed by atoms with Gasteiger partial charge in [-0.15, -0.1) is 0 Å². The van der Waals surface area contributed by atoms with Crippen LogP contribution in [0.3, 0.4) is 0 Å². The van der Waals surface area contributed by atoms with Gasteiger partial charge in [-0.25, -0.2) is 0 Å². The zero-order chi connectivity index (χ0) is 24.8. The monoisotopic (exact) mass is 465 g/mol. The average Bonchev–Trinajstić information content (AvgIpc) is 2.93. The van der Waals surface area contributed by atoms with Gasteiger partial charge in [-0.3, -0.25) is 9.59 Å². The van der Waals surface area contributed by atoms with Gasteiger partial charge in [0.15, 0.2) is 11.2 Å². The second kappa shape index (κ2) is 8.47. The van der Waals surface area contributed by atoms with E-state index in [1.807, 2.05) is 89.5 Å². The Bertz CT molecular complexity index is 1740. The number of benzene rings is 4. The van der Waals surface area contributed by atoms with Crippen molar-refractivity contribution in [1.82, 2.24) is 4.57 Å². The van der Waals surface area contributed by atoms with Crippen LogP contribution in [0.1, 0.15) is 49.8 Å². The first kappa shape index (κ1) is 21.8. The number of carbonyl (C=O) groups is 1. The summed E-state index contributed by atoms with van der Waals surface area (Å²) in [6.45, 7) is 7.90. The third-order valence-electron chi connectivity index (χ3n) is 7.03. The molecule has 0 amide bonds. The molecule has 3 nitrogen and oxygen atoms in total. The Labute approximate surface area is 209 Å². The Morgan fingerprint density at radius 2 is 1.36 bits per heavy atom. The van der Waals surface area contributed by atoms with E-state index in [0.717, 1.165) is 22.4 Å². The third-order valence-corrected chi connectivity index (χ3v) is 7.03. The number of carbonyl (C=O) groups excluding carboxylic acids is 1. The van der Waals surface area contributed by atoms with Crippen LogP contribution in [0.15, 0.2) is 115 Å². The van der Waals surface area contributed by atoms with E-state index < -0.39 is 0 Å². The molecule has 36 heavy (non-hydrogen) atoms. The topological polar surface area (TPSA) is 39.1 Å². The second-order valence-corrected chi connectivity index (χ2v) is 8.92. The van der Waals surface area contributed by atoms with Crippen LogP contribution in [0.5, 0.6) is 0 Å². The van der Waals surface area contributed by atoms with Crippen molar-refractivity contribution in [3.8, 4) is 5.69 Å². The van der Waals surface area contributed by atoms with Crippen LogP contribution in [0.25, 0.3) is 28.7 Å². The van der Waals surface area contributed by atoms with Crippen LogP contribution in [-0.4, -0.2) is 10.4 Å². The highest BCUT2D eigenvalue weighted by Crippen LogP contribution is 2.42. The number of rotatable bonds is 4. The van der Waals surface area contributed by atoms with Gasteiger partial charge in [0, 0.05) is 33.7 Å². The first-order chi connectivity index (χ1) is 17.6. The molecule has 5 aromatic rings. The van der Waals surface area contributed by atoms with Gasteiger partial charge in [0.1, 0.15) is 0 Å². The van der Waals surface area contributed by atoms with Crippen molar-refractivity contribution in [3.63, 3.8) is 0 Å². The molecule has 0 radical (unpaired) electrons. The van der Waals surface area contributed by atoms with Crippen molar-refractivity contribution in [1.29, 1.82) is 0 Å². The quantitative estimate of drug-likeness (QED) is 0.281. The van der Waals surface area contributed by atoms with Gasteiger partial charge in [0.05, 0.1) is 11.2 Å². The van der Waals surface area contributed by atoms with Crippen molar-refractivity contribution in [2.45, 2.75) is 5.92 Å². The molecule has 0 N–H and O–H groups in total. The molecule has 1 aliphatic rings. The molecule has 1 aromatic heterocycles. The number of hydrogen-bond acceptors (Lipinski definition) is 2. The maximum Gasteiger partial charge on any atom is 0.197 e. The summed E-state index contributed by atoms with van der Waals surface area (Å²) in [6, 6.07) is 31.5. The summed E-state index contributed by atoms with van der Waals surface area (Å²) >= 11 is 0. The predicted molar refractivity (Wildman–Crippen MR) is 147 cm³/mol. The Hall–Kier alpha value is -4.76. The van der Waals surface area contributed by atoms with Gasteiger partial charge in [-0.05, 0) is 47.0 Å². The molecular weight excluding hydrogens is 442 g/mol. The van der Waals surface area contributed by atoms with Gasteiger partial charge >= 0.3 is 0 Å². The number of hydrogen-bond donors (Lipinski definition) is 0. The van der Waals surface area contributed by atoms with Crippen molar-refractivity contribution >= 4 is 28.8 Å². The van der Waals surface area contributed by atoms with E-state index in [1.165, 1.54) is 0 Å². The molecule has 0 bridgehead atoms. The normalized spacial score (nSPS) is 14.2. The first-order valence-electron chi connectivity index (χ1n) is 11.9. The lowest BCUT2D eigenvalue weighted by Crippen LogP contribution is -2.23. The molecule has 1 unspecified atom stereocenters. The smallest absolute Gasteiger partial charge is 0.197 e. The summed E-state index contributed by atoms with van der Waals surface area (Å²) in [5, 5.41) is 0.547. The van der Waals surface area contributed by atoms with E-state index >= 15 is 0 Å². The standard InChI is InChI=1S/C33H23NO2/c1-3-23-29(4-2)34(22-15-9-6-10-16-22)30-20-27-26(19-28(30)32(23)35)31(21-13-7-5-8-14-21)24-17-11-12-18-25(24)33(27)36/h3-20,31H,1-2H2. The molecule has 0 saturated carbocycles. The van der Waals surface area contributed by atoms with E-state index in [-0.39, 0.29) is 17.1 Å². The van der Waals surface area contributed by atoms with Crippen molar-refractivity contribution < 1.29 is 4.79 Å². The Morgan fingerprint density at radius 1 is 0.694 bits per heavy atom. The van der Waals surface area contributed by atoms with Crippen molar-refractivity contribution in [2.24, 2.45) is 0 Å². The molecule has 1 heterocycles. The van der Waals surface area contributed by atoms with E-state index in [2.05, 4.69) is 25.3 Å². The molecule has 0 fully saturated rings. The van der Waals surface area contributed by atoms with E-state index in [0.29, 0.717) is 33.3 Å². The Kier molecular flexibility index (Phi) is 5.12. The minimum Gasteiger partial charge on any atom is -0.309 e. The summed E-state index contributed by atoms with van der Waals surface area (Å²) in [5.41, 5.74) is 6.74. The Balaban J connectivity index is 1.77. The van der Waals surface area contributed by atoms with E-state index in [9.17, 15) is 9.59 Å². The SMILES string of the molecule is C=Cc1c(C=C)n(-c2ccccc2)c2cc3c(cc2c1=O)C(c1ccccc1)c1ccccc1C3=O. The lowest BCUT2D eigenvalue weighted by molar-refractivity contribution is 0.103. The molecule has 6 rings (SSSR count). The van der Waals surface area contributed by atoms with Crippen LogP contribution >= 0.6 is 0 Å². The van der Waals surface area contributed by atoms with E-state index in [1.54, 1.807) is 12.2 Å². The molecular formula is C33H23NO2. The number of pyridine rings is 1. The number of fused-ring (bicyclic) bond motifs is 3. The molecule has 0 aliphatic heterocycles. The van der Waals surface area contributed by atoms with Crippen LogP contribution in [-0.2, 0) is 0 Å². The maximum absolute atomic E-state index is 13.8.